The molecule has 0 atom stereocenters. The van der Waals surface area contributed by atoms with Gasteiger partial charge in [0, 0.05) is 26.2 Å². The number of ether oxygens (including phenoxy) is 1. The van der Waals surface area contributed by atoms with Gasteiger partial charge >= 0.3 is 12.1 Å². The van der Waals surface area contributed by atoms with Gasteiger partial charge in [-0.3, -0.25) is 0 Å². The number of urea groups is 1. The molecule has 6 nitrogen and oxygen atoms in total. The van der Waals surface area contributed by atoms with Gasteiger partial charge < -0.3 is 19.9 Å². The van der Waals surface area contributed by atoms with E-state index in [1.165, 1.54) is 23.0 Å². The zero-order valence-corrected chi connectivity index (χ0v) is 12.1. The lowest BCUT2D eigenvalue weighted by Crippen LogP contribution is -2.39. The number of nitrogens with zero attached hydrogens (tertiary/aromatic N) is 2. The molecule has 2 rings (SSSR count). The van der Waals surface area contributed by atoms with Crippen LogP contribution < -0.4 is 5.32 Å². The third-order valence-corrected chi connectivity index (χ3v) is 3.41. The summed E-state index contributed by atoms with van der Waals surface area (Å²) >= 11 is 0. The molecule has 22 heavy (non-hydrogen) atoms. The summed E-state index contributed by atoms with van der Waals surface area (Å²) in [5.74, 6) is -1.67. The van der Waals surface area contributed by atoms with Crippen molar-refractivity contribution in [3.05, 3.63) is 29.8 Å². The Balaban J connectivity index is 2.00. The molecule has 1 aromatic carbocycles. The van der Waals surface area contributed by atoms with E-state index in [0.29, 0.717) is 26.1 Å². The molecule has 0 saturated carbocycles. The van der Waals surface area contributed by atoms with Crippen molar-refractivity contribution >= 4 is 17.8 Å². The summed E-state index contributed by atoms with van der Waals surface area (Å²) in [5, 5.41) is 2.24. The number of anilines is 1. The van der Waals surface area contributed by atoms with Crippen molar-refractivity contribution in [3.8, 4) is 0 Å². The molecule has 3 amide bonds. The first kappa shape index (κ1) is 16.0. The van der Waals surface area contributed by atoms with Crippen molar-refractivity contribution in [2.45, 2.75) is 6.42 Å². The fourth-order valence-corrected chi connectivity index (χ4v) is 2.24. The van der Waals surface area contributed by atoms with Gasteiger partial charge in [-0.2, -0.15) is 0 Å². The van der Waals surface area contributed by atoms with Crippen LogP contribution in [0.4, 0.5) is 24.1 Å². The quantitative estimate of drug-likeness (QED) is 0.865. The van der Waals surface area contributed by atoms with Gasteiger partial charge in [-0.1, -0.05) is 6.07 Å². The molecule has 1 aliphatic heterocycles. The fourth-order valence-electron chi connectivity index (χ4n) is 2.24. The summed E-state index contributed by atoms with van der Waals surface area (Å²) < 4.78 is 31.7. The van der Waals surface area contributed by atoms with E-state index in [1.807, 2.05) is 0 Å². The number of nitrogens with one attached hydrogen (secondary N) is 1. The van der Waals surface area contributed by atoms with Gasteiger partial charge in [0.2, 0.25) is 0 Å². The van der Waals surface area contributed by atoms with Crippen LogP contribution in [-0.2, 0) is 4.74 Å². The molecule has 0 aliphatic carbocycles. The number of carbonyl (C=O) groups is 2. The molecule has 1 saturated heterocycles. The van der Waals surface area contributed by atoms with Crippen LogP contribution in [0.5, 0.6) is 0 Å². The van der Waals surface area contributed by atoms with E-state index in [-0.39, 0.29) is 6.54 Å². The lowest BCUT2D eigenvalue weighted by Gasteiger charge is -2.22. The monoisotopic (exact) mass is 313 g/mol. The third kappa shape index (κ3) is 3.63. The molecule has 1 aliphatic rings. The smallest absolute Gasteiger partial charge is 0.409 e. The van der Waals surface area contributed by atoms with Gasteiger partial charge in [0.05, 0.1) is 7.11 Å². The topological polar surface area (TPSA) is 61.9 Å². The molecule has 0 radical (unpaired) electrons. The second-order valence-electron chi connectivity index (χ2n) is 4.82. The van der Waals surface area contributed by atoms with Gasteiger partial charge in [-0.25, -0.2) is 18.4 Å². The average molecular weight is 313 g/mol. The van der Waals surface area contributed by atoms with Crippen LogP contribution >= 0.6 is 0 Å². The Hall–Kier alpha value is -2.38. The first-order valence-electron chi connectivity index (χ1n) is 6.85. The Morgan fingerprint density at radius 2 is 1.68 bits per heavy atom. The molecular formula is C14H17F2N3O3. The van der Waals surface area contributed by atoms with Crippen LogP contribution in [0.15, 0.2) is 18.2 Å². The number of benzene rings is 1. The van der Waals surface area contributed by atoms with Crippen LogP contribution in [0.25, 0.3) is 0 Å². The molecular weight excluding hydrogens is 296 g/mol. The Labute approximate surface area is 126 Å². The van der Waals surface area contributed by atoms with E-state index in [9.17, 15) is 18.4 Å². The number of hydrogen-bond donors (Lipinski definition) is 1. The van der Waals surface area contributed by atoms with Gasteiger partial charge in [0.1, 0.15) is 17.3 Å². The van der Waals surface area contributed by atoms with E-state index in [4.69, 9.17) is 0 Å². The molecule has 120 valence electrons. The van der Waals surface area contributed by atoms with Gasteiger partial charge in [0.15, 0.2) is 0 Å². The third-order valence-electron chi connectivity index (χ3n) is 3.41. The molecule has 0 unspecified atom stereocenters. The largest absolute Gasteiger partial charge is 0.453 e. The van der Waals surface area contributed by atoms with E-state index in [1.54, 1.807) is 0 Å². The number of hydrogen-bond acceptors (Lipinski definition) is 3. The van der Waals surface area contributed by atoms with E-state index < -0.39 is 29.4 Å². The minimum Gasteiger partial charge on any atom is -0.453 e. The molecule has 8 heteroatoms. The zero-order valence-electron chi connectivity index (χ0n) is 12.1. The van der Waals surface area contributed by atoms with Crippen molar-refractivity contribution < 1.29 is 23.1 Å². The second kappa shape index (κ2) is 7.06. The Morgan fingerprint density at radius 3 is 2.32 bits per heavy atom. The maximum Gasteiger partial charge on any atom is 0.409 e. The van der Waals surface area contributed by atoms with E-state index in [0.717, 1.165) is 12.1 Å². The lowest BCUT2D eigenvalue weighted by molar-refractivity contribution is 0.125. The summed E-state index contributed by atoms with van der Waals surface area (Å²) in [6, 6.07) is 2.76. The Kier molecular flexibility index (Phi) is 5.13. The van der Waals surface area contributed by atoms with Crippen LogP contribution in [0, 0.1) is 11.6 Å². The number of rotatable bonds is 1. The summed E-state index contributed by atoms with van der Waals surface area (Å²) in [6.45, 7) is 1.41. The maximum atomic E-state index is 13.5. The van der Waals surface area contributed by atoms with E-state index in [2.05, 4.69) is 10.1 Å². The normalized spacial score (nSPS) is 15.2. The van der Waals surface area contributed by atoms with Crippen molar-refractivity contribution in [2.75, 3.05) is 38.6 Å². The Bertz CT molecular complexity index is 548. The highest BCUT2D eigenvalue weighted by Gasteiger charge is 2.23. The van der Waals surface area contributed by atoms with Crippen molar-refractivity contribution in [1.82, 2.24) is 9.80 Å². The summed E-state index contributed by atoms with van der Waals surface area (Å²) in [5.41, 5.74) is -0.471. The van der Waals surface area contributed by atoms with Gasteiger partial charge in [0.25, 0.3) is 0 Å². The fraction of sp³-hybridized carbons (Fsp3) is 0.429. The maximum absolute atomic E-state index is 13.5. The van der Waals surface area contributed by atoms with Crippen molar-refractivity contribution in [2.24, 2.45) is 0 Å². The van der Waals surface area contributed by atoms with Crippen LogP contribution in [0.2, 0.25) is 0 Å². The van der Waals surface area contributed by atoms with Crippen LogP contribution in [-0.4, -0.2) is 55.2 Å². The highest BCUT2D eigenvalue weighted by Crippen LogP contribution is 2.18. The molecule has 0 aromatic heterocycles. The zero-order chi connectivity index (χ0) is 16.1. The first-order valence-corrected chi connectivity index (χ1v) is 6.85. The van der Waals surface area contributed by atoms with Gasteiger partial charge in [-0.05, 0) is 18.6 Å². The second-order valence-corrected chi connectivity index (χ2v) is 4.82. The number of methoxy groups -OCH3 is 1. The van der Waals surface area contributed by atoms with Gasteiger partial charge in [-0.15, -0.1) is 0 Å². The van der Waals surface area contributed by atoms with E-state index >= 15 is 0 Å². The molecule has 0 bridgehead atoms. The highest BCUT2D eigenvalue weighted by molar-refractivity contribution is 5.89. The predicted octanol–water partition coefficient (Wildman–Crippen LogP) is 2.27. The Morgan fingerprint density at radius 1 is 1.09 bits per heavy atom. The highest BCUT2D eigenvalue weighted by atomic mass is 19.1. The minimum atomic E-state index is -0.834. The SMILES string of the molecule is COC(=O)N1CCCN(C(=O)Nc2c(F)cccc2F)CC1. The summed E-state index contributed by atoms with van der Waals surface area (Å²) in [7, 11) is 1.29. The number of halogens is 2. The predicted molar refractivity (Wildman–Crippen MR) is 75.5 cm³/mol. The van der Waals surface area contributed by atoms with Crippen LogP contribution in [0.1, 0.15) is 6.42 Å². The van der Waals surface area contributed by atoms with Crippen LogP contribution in [0.3, 0.4) is 0 Å². The summed E-state index contributed by atoms with van der Waals surface area (Å²) in [6.07, 6.45) is 0.102. The standard InChI is InChI=1S/C14H17F2N3O3/c1-22-14(21)19-7-3-6-18(8-9-19)13(20)17-12-10(15)4-2-5-11(12)16/h2,4-5H,3,6-9H2,1H3,(H,17,20). The van der Waals surface area contributed by atoms with Crippen molar-refractivity contribution in [1.29, 1.82) is 0 Å². The van der Waals surface area contributed by atoms with Crippen molar-refractivity contribution in [3.63, 3.8) is 0 Å². The number of para-hydroxylation sites is 1. The molecule has 1 aromatic rings. The number of carbonyl (C=O) groups excluding carboxylic acids is 2. The lowest BCUT2D eigenvalue weighted by atomic mass is 10.3. The first-order chi connectivity index (χ1) is 10.5. The molecule has 0 spiro atoms. The average Bonchev–Trinajstić information content (AvgIpc) is 2.76. The molecule has 1 fully saturated rings. The molecule has 1 heterocycles. The summed E-state index contributed by atoms with van der Waals surface area (Å²) in [4.78, 5) is 26.5. The number of amides is 3. The minimum absolute atomic E-state index is 0.261. The molecule has 1 N–H and O–H groups in total.